The highest BCUT2D eigenvalue weighted by molar-refractivity contribution is 9.10. The third-order valence-corrected chi connectivity index (χ3v) is 4.09. The van der Waals surface area contributed by atoms with Crippen LogP contribution in [0.4, 0.5) is 15.8 Å². The van der Waals surface area contributed by atoms with Crippen LogP contribution >= 0.6 is 39.9 Å². The van der Waals surface area contributed by atoms with Gasteiger partial charge in [-0.3, -0.25) is 0 Å². The Labute approximate surface area is 135 Å². The topological polar surface area (TPSA) is 24.1 Å². The fourth-order valence-corrected chi connectivity index (χ4v) is 2.71. The van der Waals surface area contributed by atoms with Crippen LogP contribution in [0.5, 0.6) is 0 Å². The van der Waals surface area contributed by atoms with E-state index < -0.39 is 0 Å². The zero-order valence-electron chi connectivity index (χ0n) is 10.6. The summed E-state index contributed by atoms with van der Waals surface area (Å²) in [5.41, 5.74) is 1.62. The minimum Gasteiger partial charge on any atom is -0.332 e. The van der Waals surface area contributed by atoms with E-state index in [4.69, 9.17) is 12.2 Å². The molecule has 0 amide bonds. The van der Waals surface area contributed by atoms with Crippen molar-refractivity contribution < 1.29 is 4.39 Å². The van der Waals surface area contributed by atoms with Crippen molar-refractivity contribution in [2.45, 2.75) is 4.90 Å². The van der Waals surface area contributed by atoms with Crippen LogP contribution < -0.4 is 10.6 Å². The maximum absolute atomic E-state index is 13.0. The number of rotatable bonds is 3. The fraction of sp³-hybridized carbons (Fsp3) is 0.0714. The lowest BCUT2D eigenvalue weighted by Gasteiger charge is -2.12. The number of anilines is 2. The number of hydrogen-bond acceptors (Lipinski definition) is 2. The van der Waals surface area contributed by atoms with Gasteiger partial charge < -0.3 is 10.6 Å². The largest absolute Gasteiger partial charge is 0.332 e. The van der Waals surface area contributed by atoms with Crippen molar-refractivity contribution >= 4 is 56.4 Å². The van der Waals surface area contributed by atoms with Crippen LogP contribution in [0.25, 0.3) is 0 Å². The number of nitrogens with one attached hydrogen (secondary N) is 2. The monoisotopic (exact) mass is 370 g/mol. The van der Waals surface area contributed by atoms with E-state index in [2.05, 4.69) is 26.6 Å². The summed E-state index contributed by atoms with van der Waals surface area (Å²) in [5, 5.41) is 6.58. The molecule has 2 rings (SSSR count). The van der Waals surface area contributed by atoms with E-state index in [-0.39, 0.29) is 5.82 Å². The first-order valence-corrected chi connectivity index (χ1v) is 8.18. The summed E-state index contributed by atoms with van der Waals surface area (Å²) in [5.74, 6) is -0.297. The predicted octanol–water partition coefficient (Wildman–Crippen LogP) is 5.12. The molecule has 20 heavy (non-hydrogen) atoms. The van der Waals surface area contributed by atoms with Crippen LogP contribution in [0.2, 0.25) is 0 Å². The van der Waals surface area contributed by atoms with Crippen molar-refractivity contribution in [3.63, 3.8) is 0 Å². The molecular weight excluding hydrogens is 359 g/mol. The van der Waals surface area contributed by atoms with Crippen LogP contribution in [-0.2, 0) is 0 Å². The SMILES string of the molecule is CSc1cccc(NC(=S)Nc2ccc(F)cc2Br)c1. The quantitative estimate of drug-likeness (QED) is 0.578. The van der Waals surface area contributed by atoms with Gasteiger partial charge in [0, 0.05) is 15.1 Å². The van der Waals surface area contributed by atoms with E-state index in [0.717, 1.165) is 10.6 Å². The summed E-state index contributed by atoms with van der Waals surface area (Å²) in [6, 6.07) is 12.3. The van der Waals surface area contributed by atoms with Gasteiger partial charge in [-0.15, -0.1) is 11.8 Å². The summed E-state index contributed by atoms with van der Waals surface area (Å²) >= 11 is 10.2. The lowest BCUT2D eigenvalue weighted by atomic mass is 10.3. The zero-order valence-corrected chi connectivity index (χ0v) is 13.8. The lowest BCUT2D eigenvalue weighted by molar-refractivity contribution is 0.627. The fourth-order valence-electron chi connectivity index (χ4n) is 1.58. The van der Waals surface area contributed by atoms with Gasteiger partial charge in [-0.25, -0.2) is 4.39 Å². The van der Waals surface area contributed by atoms with Crippen molar-refractivity contribution in [1.82, 2.24) is 0 Å². The second-order valence-electron chi connectivity index (χ2n) is 3.94. The molecule has 0 unspecified atom stereocenters. The minimum absolute atomic E-state index is 0.297. The number of benzene rings is 2. The minimum atomic E-state index is -0.297. The maximum Gasteiger partial charge on any atom is 0.175 e. The van der Waals surface area contributed by atoms with Gasteiger partial charge in [0.2, 0.25) is 0 Å². The Morgan fingerprint density at radius 1 is 1.20 bits per heavy atom. The van der Waals surface area contributed by atoms with Crippen molar-refractivity contribution in [2.75, 3.05) is 16.9 Å². The third-order valence-electron chi connectivity index (χ3n) is 2.51. The Morgan fingerprint density at radius 2 is 2.00 bits per heavy atom. The molecule has 0 aliphatic carbocycles. The van der Waals surface area contributed by atoms with Gasteiger partial charge >= 0.3 is 0 Å². The Hall–Kier alpha value is -1.11. The number of thioether (sulfide) groups is 1. The highest BCUT2D eigenvalue weighted by Gasteiger charge is 2.04. The van der Waals surface area contributed by atoms with E-state index in [1.54, 1.807) is 17.8 Å². The van der Waals surface area contributed by atoms with Gasteiger partial charge in [0.25, 0.3) is 0 Å². The van der Waals surface area contributed by atoms with Gasteiger partial charge in [0.05, 0.1) is 5.69 Å². The summed E-state index contributed by atoms with van der Waals surface area (Å²) in [6.07, 6.45) is 2.02. The normalized spacial score (nSPS) is 10.2. The maximum atomic E-state index is 13.0. The molecule has 2 N–H and O–H groups in total. The molecule has 0 saturated carbocycles. The number of hydrogen-bond donors (Lipinski definition) is 2. The Balaban J connectivity index is 2.05. The molecule has 0 saturated heterocycles. The smallest absolute Gasteiger partial charge is 0.175 e. The van der Waals surface area contributed by atoms with E-state index in [1.807, 2.05) is 30.5 Å². The average Bonchev–Trinajstić information content (AvgIpc) is 2.42. The molecule has 0 fully saturated rings. The predicted molar refractivity (Wildman–Crippen MR) is 92.2 cm³/mol. The number of halogens is 2. The van der Waals surface area contributed by atoms with E-state index >= 15 is 0 Å². The zero-order chi connectivity index (χ0) is 14.5. The highest BCUT2D eigenvalue weighted by atomic mass is 79.9. The molecule has 104 valence electrons. The van der Waals surface area contributed by atoms with E-state index in [9.17, 15) is 4.39 Å². The van der Waals surface area contributed by atoms with Gasteiger partial charge in [0.15, 0.2) is 5.11 Å². The summed E-state index contributed by atoms with van der Waals surface area (Å²) in [6.45, 7) is 0. The molecular formula is C14H12BrFN2S2. The van der Waals surface area contributed by atoms with Crippen molar-refractivity contribution in [3.05, 3.63) is 52.8 Å². The molecule has 0 aliphatic rings. The molecule has 0 aliphatic heterocycles. The van der Waals surface area contributed by atoms with Crippen molar-refractivity contribution in [2.24, 2.45) is 0 Å². The van der Waals surface area contributed by atoms with Crippen LogP contribution in [0.15, 0.2) is 51.8 Å². The molecule has 0 spiro atoms. The molecule has 0 radical (unpaired) electrons. The molecule has 0 bridgehead atoms. The first-order valence-electron chi connectivity index (χ1n) is 5.75. The first kappa shape index (κ1) is 15.3. The van der Waals surface area contributed by atoms with Crippen LogP contribution in [0, 0.1) is 5.82 Å². The molecule has 0 atom stereocenters. The molecule has 2 aromatic carbocycles. The average molecular weight is 371 g/mol. The summed E-state index contributed by atoms with van der Waals surface area (Å²) in [7, 11) is 0. The van der Waals surface area contributed by atoms with E-state index in [0.29, 0.717) is 15.3 Å². The van der Waals surface area contributed by atoms with Crippen molar-refractivity contribution in [3.8, 4) is 0 Å². The Bertz CT molecular complexity index is 634. The first-order chi connectivity index (χ1) is 9.58. The second kappa shape index (κ2) is 7.06. The Kier molecular flexibility index (Phi) is 5.39. The van der Waals surface area contributed by atoms with Crippen LogP contribution in [0.1, 0.15) is 0 Å². The molecule has 6 heteroatoms. The molecule has 2 aromatic rings. The summed E-state index contributed by atoms with van der Waals surface area (Å²) < 4.78 is 13.6. The van der Waals surface area contributed by atoms with Crippen LogP contribution in [0.3, 0.4) is 0 Å². The van der Waals surface area contributed by atoms with Crippen molar-refractivity contribution in [1.29, 1.82) is 0 Å². The van der Waals surface area contributed by atoms with Gasteiger partial charge in [-0.2, -0.15) is 0 Å². The van der Waals surface area contributed by atoms with Crippen LogP contribution in [-0.4, -0.2) is 11.4 Å². The Morgan fingerprint density at radius 3 is 2.70 bits per heavy atom. The summed E-state index contributed by atoms with van der Waals surface area (Å²) in [4.78, 5) is 1.15. The molecule has 0 heterocycles. The van der Waals surface area contributed by atoms with Gasteiger partial charge in [0.1, 0.15) is 5.82 Å². The third kappa shape index (κ3) is 4.19. The van der Waals surface area contributed by atoms with Gasteiger partial charge in [-0.05, 0) is 70.8 Å². The second-order valence-corrected chi connectivity index (χ2v) is 6.08. The highest BCUT2D eigenvalue weighted by Crippen LogP contribution is 2.24. The number of thiocarbonyl (C=S) groups is 1. The lowest BCUT2D eigenvalue weighted by Crippen LogP contribution is -2.19. The molecule has 0 aromatic heterocycles. The standard InChI is InChI=1S/C14H12BrFN2S2/c1-20-11-4-2-3-10(8-11)17-14(19)18-13-6-5-9(16)7-12(13)15/h2-8H,1H3,(H2,17,18,19). The molecule has 2 nitrogen and oxygen atoms in total. The van der Waals surface area contributed by atoms with Gasteiger partial charge in [-0.1, -0.05) is 6.07 Å². The van der Waals surface area contributed by atoms with E-state index in [1.165, 1.54) is 12.1 Å².